The Morgan fingerprint density at radius 1 is 0.851 bits per heavy atom. The molecular formula is C45H76O2. The van der Waals surface area contributed by atoms with E-state index in [1.807, 2.05) is 11.1 Å². The first-order chi connectivity index (χ1) is 22.7. The highest BCUT2D eigenvalue weighted by Crippen LogP contribution is 2.65. The number of carbonyl (C=O) groups excluding carboxylic acids is 1. The van der Waals surface area contributed by atoms with E-state index in [0.717, 1.165) is 62.2 Å². The zero-order chi connectivity index (χ0) is 33.7. The van der Waals surface area contributed by atoms with Gasteiger partial charge in [0.25, 0.3) is 0 Å². The fraction of sp³-hybridized carbons (Fsp3) is 0.844. The molecule has 2 nitrogen and oxygen atoms in total. The molecule has 4 aliphatic rings. The minimum absolute atomic E-state index is 0.0421. The Morgan fingerprint density at radius 3 is 2.23 bits per heavy atom. The lowest BCUT2D eigenvalue weighted by Crippen LogP contribution is -2.42. The first-order valence-corrected chi connectivity index (χ1v) is 21.0. The predicted octanol–water partition coefficient (Wildman–Crippen LogP) is 14.0. The number of allylic oxidation sites excluding steroid dienone is 5. The lowest BCUT2D eigenvalue weighted by molar-refractivity contribution is -0.150. The summed E-state index contributed by atoms with van der Waals surface area (Å²) >= 11 is 0. The Hall–Kier alpha value is -1.31. The van der Waals surface area contributed by atoms with Crippen LogP contribution < -0.4 is 0 Å². The summed E-state index contributed by atoms with van der Waals surface area (Å²) in [5, 5.41) is 0. The number of rotatable bonds is 21. The first-order valence-electron chi connectivity index (χ1n) is 21.0. The summed E-state index contributed by atoms with van der Waals surface area (Å²) in [5.74, 6) is 3.41. The maximum absolute atomic E-state index is 12.8. The van der Waals surface area contributed by atoms with Gasteiger partial charge in [-0.15, -0.1) is 0 Å². The fourth-order valence-electron chi connectivity index (χ4n) is 10.6. The third-order valence-corrected chi connectivity index (χ3v) is 13.6. The number of ether oxygens (including phenoxy) is 1. The smallest absolute Gasteiger partial charge is 0.306 e. The number of carbonyl (C=O) groups is 1. The van der Waals surface area contributed by atoms with Gasteiger partial charge in [0.15, 0.2) is 0 Å². The summed E-state index contributed by atoms with van der Waals surface area (Å²) < 4.78 is 6.11. The van der Waals surface area contributed by atoms with Gasteiger partial charge in [0.1, 0.15) is 6.10 Å². The molecule has 0 amide bonds. The van der Waals surface area contributed by atoms with Crippen molar-refractivity contribution in [2.24, 2.45) is 34.5 Å². The molecule has 2 heteroatoms. The summed E-state index contributed by atoms with van der Waals surface area (Å²) in [4.78, 5) is 12.8. The Morgan fingerprint density at radius 2 is 1.53 bits per heavy atom. The van der Waals surface area contributed by atoms with Crippen LogP contribution in [0.5, 0.6) is 0 Å². The highest BCUT2D eigenvalue weighted by molar-refractivity contribution is 5.69. The topological polar surface area (TPSA) is 26.3 Å². The molecular weight excluding hydrogens is 572 g/mol. The average Bonchev–Trinajstić information content (AvgIpc) is 3.40. The van der Waals surface area contributed by atoms with Crippen LogP contribution in [0, 0.1) is 34.5 Å². The molecule has 0 N–H and O–H groups in total. The van der Waals surface area contributed by atoms with E-state index in [0.29, 0.717) is 11.8 Å². The Balaban J connectivity index is 1.12. The number of unbranched alkanes of at least 4 members (excludes halogenated alkanes) is 11. The molecule has 6 unspecified atom stereocenters. The van der Waals surface area contributed by atoms with Crippen LogP contribution in [0.2, 0.25) is 0 Å². The van der Waals surface area contributed by atoms with Crippen LogP contribution in [-0.4, -0.2) is 12.1 Å². The van der Waals surface area contributed by atoms with E-state index in [1.165, 1.54) is 116 Å². The summed E-state index contributed by atoms with van der Waals surface area (Å²) in [5.41, 5.74) is 5.93. The third-order valence-electron chi connectivity index (χ3n) is 13.6. The van der Waals surface area contributed by atoms with Gasteiger partial charge in [-0.25, -0.2) is 0 Å². The second kappa shape index (κ2) is 19.2. The largest absolute Gasteiger partial charge is 0.462 e. The van der Waals surface area contributed by atoms with E-state index < -0.39 is 0 Å². The number of hydrogen-bond acceptors (Lipinski definition) is 2. The standard InChI is InChI=1S/C45H76O2/c1-7-8-9-10-11-12-13-14-15-16-17-18-19-20-21-25-43(46)47-38-30-32-44(5)37(34-38)26-27-39-41-29-28-40(36(4)24-22-23-35(2)3)45(41,6)33-31-42(39)44/h14-15,26,35-36,38,40-41H,7-13,16-25,27-34H2,1-6H3/b15-14-. The third kappa shape index (κ3) is 10.6. The fourth-order valence-corrected chi connectivity index (χ4v) is 10.6. The molecule has 4 aliphatic carbocycles. The van der Waals surface area contributed by atoms with Crippen molar-refractivity contribution in [1.29, 1.82) is 0 Å². The van der Waals surface area contributed by atoms with E-state index in [-0.39, 0.29) is 17.5 Å². The molecule has 6 atom stereocenters. The highest BCUT2D eigenvalue weighted by atomic mass is 16.5. The van der Waals surface area contributed by atoms with Gasteiger partial charge in [0.2, 0.25) is 0 Å². The van der Waals surface area contributed by atoms with Crippen molar-refractivity contribution >= 4 is 5.97 Å². The van der Waals surface area contributed by atoms with E-state index in [4.69, 9.17) is 4.74 Å². The van der Waals surface area contributed by atoms with Crippen LogP contribution >= 0.6 is 0 Å². The van der Waals surface area contributed by atoms with Crippen LogP contribution in [0.1, 0.15) is 202 Å². The zero-order valence-electron chi connectivity index (χ0n) is 32.1. The molecule has 268 valence electrons. The van der Waals surface area contributed by atoms with Crippen molar-refractivity contribution in [3.05, 3.63) is 34.9 Å². The van der Waals surface area contributed by atoms with Gasteiger partial charge in [0, 0.05) is 18.3 Å². The van der Waals surface area contributed by atoms with Crippen molar-refractivity contribution in [3.63, 3.8) is 0 Å². The maximum atomic E-state index is 12.8. The van der Waals surface area contributed by atoms with E-state index in [9.17, 15) is 4.79 Å². The molecule has 0 bridgehead atoms. The molecule has 47 heavy (non-hydrogen) atoms. The summed E-state index contributed by atoms with van der Waals surface area (Å²) in [6.45, 7) is 14.8. The highest BCUT2D eigenvalue weighted by Gasteiger charge is 2.54. The molecule has 0 saturated heterocycles. The maximum Gasteiger partial charge on any atom is 0.306 e. The number of fused-ring (bicyclic) bond motifs is 4. The SMILES string of the molecule is CCCCCCCC/C=C\CCCCCCCC(=O)OC1CCC2(C)C(=CCC3=C2CCC2(C)C3CCC2C(C)CCCC(C)C)C1. The van der Waals surface area contributed by atoms with Crippen LogP contribution in [0.3, 0.4) is 0 Å². The molecule has 0 aliphatic heterocycles. The first kappa shape index (κ1) is 38.5. The van der Waals surface area contributed by atoms with Gasteiger partial charge >= 0.3 is 5.97 Å². The Bertz CT molecular complexity index is 1050. The molecule has 2 fully saturated rings. The quantitative estimate of drug-likeness (QED) is 0.0703. The normalized spacial score (nSPS) is 29.5. The monoisotopic (exact) mass is 649 g/mol. The molecule has 0 spiro atoms. The lowest BCUT2D eigenvalue weighted by Gasteiger charge is -2.52. The molecule has 0 radical (unpaired) electrons. The second-order valence-corrected chi connectivity index (χ2v) is 17.5. The van der Waals surface area contributed by atoms with Crippen LogP contribution in [0.4, 0.5) is 0 Å². The zero-order valence-corrected chi connectivity index (χ0v) is 32.1. The van der Waals surface area contributed by atoms with Gasteiger partial charge in [-0.05, 0) is 106 Å². The molecule has 0 aromatic rings. The van der Waals surface area contributed by atoms with Gasteiger partial charge in [-0.3, -0.25) is 4.79 Å². The van der Waals surface area contributed by atoms with Crippen molar-refractivity contribution < 1.29 is 9.53 Å². The Kier molecular flexibility index (Phi) is 15.7. The number of hydrogen-bond donors (Lipinski definition) is 0. The summed E-state index contributed by atoms with van der Waals surface area (Å²) in [7, 11) is 0. The van der Waals surface area contributed by atoms with Crippen LogP contribution in [-0.2, 0) is 9.53 Å². The second-order valence-electron chi connectivity index (χ2n) is 17.5. The Labute approximate surface area is 292 Å². The summed E-state index contributed by atoms with van der Waals surface area (Å²) in [6.07, 6.45) is 38.8. The van der Waals surface area contributed by atoms with E-state index in [2.05, 4.69) is 59.8 Å². The molecule has 4 rings (SSSR count). The lowest BCUT2D eigenvalue weighted by atomic mass is 9.53. The average molecular weight is 649 g/mol. The predicted molar refractivity (Wildman–Crippen MR) is 202 cm³/mol. The van der Waals surface area contributed by atoms with Gasteiger partial charge in [-0.2, -0.15) is 0 Å². The molecule has 0 aromatic heterocycles. The van der Waals surface area contributed by atoms with Crippen molar-refractivity contribution in [1.82, 2.24) is 0 Å². The minimum atomic E-state index is 0.0421. The van der Waals surface area contributed by atoms with E-state index in [1.54, 1.807) is 5.57 Å². The van der Waals surface area contributed by atoms with Crippen LogP contribution in [0.25, 0.3) is 0 Å². The van der Waals surface area contributed by atoms with Gasteiger partial charge < -0.3 is 4.74 Å². The molecule has 0 aromatic carbocycles. The number of esters is 1. The van der Waals surface area contributed by atoms with Crippen molar-refractivity contribution in [2.45, 2.75) is 208 Å². The van der Waals surface area contributed by atoms with Crippen LogP contribution in [0.15, 0.2) is 34.9 Å². The van der Waals surface area contributed by atoms with Gasteiger partial charge in [-0.1, -0.05) is 147 Å². The van der Waals surface area contributed by atoms with Crippen molar-refractivity contribution in [2.75, 3.05) is 0 Å². The minimum Gasteiger partial charge on any atom is -0.462 e. The van der Waals surface area contributed by atoms with Crippen molar-refractivity contribution in [3.8, 4) is 0 Å². The van der Waals surface area contributed by atoms with E-state index >= 15 is 0 Å². The van der Waals surface area contributed by atoms with Gasteiger partial charge in [0.05, 0.1) is 0 Å². The molecule has 2 saturated carbocycles. The molecule has 0 heterocycles. The summed E-state index contributed by atoms with van der Waals surface area (Å²) in [6, 6.07) is 0.